The maximum absolute atomic E-state index is 12.5. The zero-order valence-corrected chi connectivity index (χ0v) is 20.4. The standard InChI is InChI=1S/C19H17BrClN3O6S2/c1-11(25)18(24-32(28,29)14-5-2-12(21)3-6-14)19(27)30-9-17(26)23-16-7-4-13(31-10-22)8-15(16)20/h2-8,11,18,24-25H,9H2,1H3,(H,23,26)/t11-,18+/m0/s1. The number of amides is 1. The number of nitrogens with one attached hydrogen (secondary N) is 2. The molecule has 2 aromatic carbocycles. The highest BCUT2D eigenvalue weighted by Gasteiger charge is 2.31. The number of nitrogens with zero attached hydrogens (tertiary/aromatic N) is 1. The van der Waals surface area contributed by atoms with Crippen LogP contribution in [0.25, 0.3) is 0 Å². The lowest BCUT2D eigenvalue weighted by Gasteiger charge is -2.20. The first-order valence-electron chi connectivity index (χ1n) is 8.81. The van der Waals surface area contributed by atoms with Crippen LogP contribution < -0.4 is 10.0 Å². The lowest BCUT2D eigenvalue weighted by atomic mass is 10.2. The highest BCUT2D eigenvalue weighted by atomic mass is 79.9. The Labute approximate surface area is 202 Å². The van der Waals surface area contributed by atoms with Crippen LogP contribution in [0.4, 0.5) is 5.69 Å². The topological polar surface area (TPSA) is 146 Å². The van der Waals surface area contributed by atoms with Crippen LogP contribution in [0.5, 0.6) is 0 Å². The molecule has 0 saturated carbocycles. The zero-order valence-electron chi connectivity index (χ0n) is 16.4. The van der Waals surface area contributed by atoms with Gasteiger partial charge in [-0.25, -0.2) is 8.42 Å². The van der Waals surface area contributed by atoms with Gasteiger partial charge in [0.2, 0.25) is 10.0 Å². The van der Waals surface area contributed by atoms with Crippen molar-refractivity contribution in [3.8, 4) is 5.40 Å². The average Bonchev–Trinajstić information content (AvgIpc) is 2.72. The minimum Gasteiger partial charge on any atom is -0.454 e. The Kier molecular flexibility index (Phi) is 9.50. The zero-order chi connectivity index (χ0) is 23.9. The summed E-state index contributed by atoms with van der Waals surface area (Å²) in [4.78, 5) is 25.0. The molecule has 32 heavy (non-hydrogen) atoms. The van der Waals surface area contributed by atoms with Gasteiger partial charge in [0.15, 0.2) is 6.61 Å². The molecular weight excluding hydrogens is 546 g/mol. The maximum atomic E-state index is 12.5. The third kappa shape index (κ3) is 7.47. The molecule has 0 unspecified atom stereocenters. The maximum Gasteiger partial charge on any atom is 0.327 e. The normalized spacial score (nSPS) is 13.0. The minimum atomic E-state index is -4.17. The second-order valence-corrected chi connectivity index (χ2v) is 10.1. The predicted octanol–water partition coefficient (Wildman–Crippen LogP) is 2.89. The molecular formula is C19H17BrClN3O6S2. The Morgan fingerprint density at radius 3 is 2.50 bits per heavy atom. The van der Waals surface area contributed by atoms with Crippen LogP contribution in [0.2, 0.25) is 5.02 Å². The van der Waals surface area contributed by atoms with Crippen LogP contribution >= 0.6 is 39.3 Å². The first-order chi connectivity index (χ1) is 15.0. The van der Waals surface area contributed by atoms with Gasteiger partial charge in [0.1, 0.15) is 11.4 Å². The van der Waals surface area contributed by atoms with Gasteiger partial charge in [-0.05, 0) is 77.1 Å². The van der Waals surface area contributed by atoms with Gasteiger partial charge in [-0.3, -0.25) is 9.59 Å². The highest BCUT2D eigenvalue weighted by Crippen LogP contribution is 2.28. The summed E-state index contributed by atoms with van der Waals surface area (Å²) < 4.78 is 32.4. The van der Waals surface area contributed by atoms with E-state index in [9.17, 15) is 23.1 Å². The van der Waals surface area contributed by atoms with Crippen LogP contribution in [0.15, 0.2) is 56.7 Å². The Hall–Kier alpha value is -2.14. The fourth-order valence-corrected chi connectivity index (χ4v) is 4.75. The van der Waals surface area contributed by atoms with E-state index in [2.05, 4.69) is 26.0 Å². The Balaban J connectivity index is 2.00. The van der Waals surface area contributed by atoms with Crippen molar-refractivity contribution < 1.29 is 27.9 Å². The molecule has 13 heteroatoms. The first kappa shape index (κ1) is 26.1. The van der Waals surface area contributed by atoms with E-state index < -0.39 is 40.7 Å². The molecule has 0 heterocycles. The number of carbonyl (C=O) groups is 2. The SMILES string of the molecule is C[C@H](O)[C@@H](NS(=O)(=O)c1ccc(Cl)cc1)C(=O)OCC(=O)Nc1ccc(SC#N)cc1Br. The molecule has 1 amide bonds. The first-order valence-corrected chi connectivity index (χ1v) is 12.3. The average molecular weight is 563 g/mol. The van der Waals surface area contributed by atoms with E-state index >= 15 is 0 Å². The molecule has 2 aromatic rings. The smallest absolute Gasteiger partial charge is 0.327 e. The molecule has 0 bridgehead atoms. The number of aliphatic hydroxyl groups excluding tert-OH is 1. The highest BCUT2D eigenvalue weighted by molar-refractivity contribution is 9.10. The number of carbonyl (C=O) groups excluding carboxylic acids is 2. The van der Waals surface area contributed by atoms with Crippen LogP contribution in [-0.2, 0) is 24.3 Å². The van der Waals surface area contributed by atoms with Crippen molar-refractivity contribution in [3.63, 3.8) is 0 Å². The summed E-state index contributed by atoms with van der Waals surface area (Å²) in [6.07, 6.45) is -1.44. The number of halogens is 2. The van der Waals surface area contributed by atoms with Crippen molar-refractivity contribution in [2.24, 2.45) is 0 Å². The summed E-state index contributed by atoms with van der Waals surface area (Å²) in [7, 11) is -4.17. The molecule has 0 aliphatic rings. The summed E-state index contributed by atoms with van der Waals surface area (Å²) in [5.74, 6) is -1.82. The Morgan fingerprint density at radius 1 is 1.28 bits per heavy atom. The van der Waals surface area contributed by atoms with Gasteiger partial charge >= 0.3 is 5.97 Å². The van der Waals surface area contributed by atoms with E-state index in [4.69, 9.17) is 21.6 Å². The number of nitriles is 1. The molecule has 170 valence electrons. The van der Waals surface area contributed by atoms with E-state index in [0.717, 1.165) is 11.8 Å². The number of hydrogen-bond acceptors (Lipinski definition) is 8. The predicted molar refractivity (Wildman–Crippen MR) is 122 cm³/mol. The summed E-state index contributed by atoms with van der Waals surface area (Å²) in [5, 5.41) is 23.3. The molecule has 0 spiro atoms. The summed E-state index contributed by atoms with van der Waals surface area (Å²) >= 11 is 9.96. The van der Waals surface area contributed by atoms with Gasteiger partial charge in [-0.15, -0.1) is 0 Å². The largest absolute Gasteiger partial charge is 0.454 e. The van der Waals surface area contributed by atoms with Crippen molar-refractivity contribution in [2.45, 2.75) is 28.9 Å². The number of aliphatic hydroxyl groups is 1. The third-order valence-corrected chi connectivity index (χ3v) is 6.81. The molecule has 3 N–H and O–H groups in total. The lowest BCUT2D eigenvalue weighted by molar-refractivity contribution is -0.151. The Morgan fingerprint density at radius 2 is 1.94 bits per heavy atom. The Bertz CT molecular complexity index is 1140. The lowest BCUT2D eigenvalue weighted by Crippen LogP contribution is -2.48. The number of hydrogen-bond donors (Lipinski definition) is 3. The van der Waals surface area contributed by atoms with E-state index in [0.29, 0.717) is 20.1 Å². The van der Waals surface area contributed by atoms with E-state index in [1.165, 1.54) is 31.2 Å². The number of ether oxygens (including phenoxy) is 1. The number of thioether (sulfide) groups is 1. The summed E-state index contributed by atoms with van der Waals surface area (Å²) in [6.45, 7) is 0.486. The van der Waals surface area contributed by atoms with Crippen molar-refractivity contribution >= 4 is 66.9 Å². The van der Waals surface area contributed by atoms with E-state index in [1.807, 2.05) is 5.40 Å². The number of anilines is 1. The molecule has 0 saturated heterocycles. The molecule has 2 atom stereocenters. The van der Waals surface area contributed by atoms with Gasteiger partial charge < -0.3 is 15.2 Å². The van der Waals surface area contributed by atoms with Gasteiger partial charge in [-0.1, -0.05) is 11.6 Å². The number of rotatable bonds is 9. The van der Waals surface area contributed by atoms with Crippen molar-refractivity contribution in [2.75, 3.05) is 11.9 Å². The van der Waals surface area contributed by atoms with E-state index in [1.54, 1.807) is 18.2 Å². The molecule has 2 rings (SSSR count). The summed E-state index contributed by atoms with van der Waals surface area (Å²) in [5.41, 5.74) is 0.379. The van der Waals surface area contributed by atoms with Crippen molar-refractivity contribution in [1.29, 1.82) is 5.26 Å². The monoisotopic (exact) mass is 561 g/mol. The minimum absolute atomic E-state index is 0.166. The molecule has 0 aliphatic carbocycles. The van der Waals surface area contributed by atoms with Gasteiger partial charge in [0.05, 0.1) is 16.7 Å². The second-order valence-electron chi connectivity index (χ2n) is 6.28. The molecule has 0 radical (unpaired) electrons. The molecule has 9 nitrogen and oxygen atoms in total. The molecule has 0 aromatic heterocycles. The number of esters is 1. The number of sulfonamides is 1. The van der Waals surface area contributed by atoms with Crippen LogP contribution in [0.3, 0.4) is 0 Å². The molecule has 0 aliphatic heterocycles. The number of thiocyanates is 1. The van der Waals surface area contributed by atoms with Gasteiger partial charge in [0, 0.05) is 14.4 Å². The van der Waals surface area contributed by atoms with Crippen LogP contribution in [0.1, 0.15) is 6.92 Å². The van der Waals surface area contributed by atoms with Crippen molar-refractivity contribution in [3.05, 3.63) is 52.0 Å². The fraction of sp³-hybridized carbons (Fsp3) is 0.211. The van der Waals surface area contributed by atoms with Gasteiger partial charge in [0.25, 0.3) is 5.91 Å². The molecule has 0 fully saturated rings. The second kappa shape index (κ2) is 11.6. The third-order valence-electron chi connectivity index (χ3n) is 3.87. The van der Waals surface area contributed by atoms with E-state index in [-0.39, 0.29) is 4.90 Å². The number of benzene rings is 2. The van der Waals surface area contributed by atoms with Crippen molar-refractivity contribution in [1.82, 2.24) is 4.72 Å². The van der Waals surface area contributed by atoms with Gasteiger partial charge in [-0.2, -0.15) is 9.98 Å². The van der Waals surface area contributed by atoms with Crippen LogP contribution in [0, 0.1) is 10.7 Å². The van der Waals surface area contributed by atoms with Crippen LogP contribution in [-0.4, -0.2) is 44.2 Å². The summed E-state index contributed by atoms with van der Waals surface area (Å²) in [6, 6.07) is 8.36. The fourth-order valence-electron chi connectivity index (χ4n) is 2.32. The quantitative estimate of drug-likeness (QED) is 0.240.